The van der Waals surface area contributed by atoms with E-state index in [2.05, 4.69) is 15.2 Å². The van der Waals surface area contributed by atoms with Crippen molar-refractivity contribution in [2.45, 2.75) is 36.1 Å². The summed E-state index contributed by atoms with van der Waals surface area (Å²) in [7, 11) is -2.03. The first-order valence-corrected chi connectivity index (χ1v) is 12.8. The first-order chi connectivity index (χ1) is 15.8. The van der Waals surface area contributed by atoms with Gasteiger partial charge in [-0.2, -0.15) is 0 Å². The third kappa shape index (κ3) is 5.07. The maximum absolute atomic E-state index is 13.1. The van der Waals surface area contributed by atoms with Crippen molar-refractivity contribution in [3.63, 3.8) is 0 Å². The average molecular weight is 487 g/mol. The third-order valence-corrected chi connectivity index (χ3v) is 8.45. The van der Waals surface area contributed by atoms with Crippen molar-refractivity contribution >= 4 is 43.9 Å². The number of piperidine rings is 1. The Bertz CT molecular complexity index is 1250. The molecule has 7 nitrogen and oxygen atoms in total. The molecule has 1 N–H and O–H groups in total. The third-order valence-electron chi connectivity index (χ3n) is 6.25. The minimum absolute atomic E-state index is 0.0448. The number of hydrogen-bond acceptors (Lipinski definition) is 5. The second-order valence-corrected chi connectivity index (χ2v) is 11.0. The van der Waals surface area contributed by atoms with E-state index in [1.807, 2.05) is 12.1 Å². The number of carbonyl (C=O) groups excluding carboxylic acids is 1. The van der Waals surface area contributed by atoms with Gasteiger partial charge in [-0.1, -0.05) is 23.7 Å². The number of urea groups is 1. The average Bonchev–Trinajstić information content (AvgIpc) is 2.83. The predicted octanol–water partition coefficient (Wildman–Crippen LogP) is 4.32. The van der Waals surface area contributed by atoms with Crippen molar-refractivity contribution in [2.24, 2.45) is 0 Å². The number of rotatable bonds is 5. The van der Waals surface area contributed by atoms with E-state index in [9.17, 15) is 13.2 Å². The van der Waals surface area contributed by atoms with Crippen LogP contribution in [0, 0.1) is 0 Å². The van der Waals surface area contributed by atoms with E-state index in [4.69, 9.17) is 11.6 Å². The number of amides is 2. The van der Waals surface area contributed by atoms with Gasteiger partial charge in [-0.15, -0.1) is 0 Å². The van der Waals surface area contributed by atoms with Crippen molar-refractivity contribution in [2.75, 3.05) is 25.0 Å². The van der Waals surface area contributed by atoms with E-state index in [1.165, 1.54) is 6.92 Å². The maximum atomic E-state index is 13.1. The van der Waals surface area contributed by atoms with Crippen LogP contribution in [0.4, 0.5) is 10.5 Å². The first-order valence-electron chi connectivity index (χ1n) is 10.9. The number of sulfone groups is 1. The fourth-order valence-corrected chi connectivity index (χ4v) is 5.55. The Hall–Kier alpha value is -2.84. The van der Waals surface area contributed by atoms with Gasteiger partial charge >= 0.3 is 6.03 Å². The van der Waals surface area contributed by atoms with Gasteiger partial charge in [0.25, 0.3) is 0 Å². The summed E-state index contributed by atoms with van der Waals surface area (Å²) >= 11 is 6.01. The molecule has 1 fully saturated rings. The summed E-state index contributed by atoms with van der Waals surface area (Å²) in [6.07, 6.45) is 5.15. The lowest BCUT2D eigenvalue weighted by Gasteiger charge is -2.38. The van der Waals surface area contributed by atoms with E-state index >= 15 is 0 Å². The summed E-state index contributed by atoms with van der Waals surface area (Å²) in [5.74, 6) is 0. The Kier molecular flexibility index (Phi) is 6.76. The molecule has 174 valence electrons. The number of fused-ring (bicyclic) bond motifs is 1. The van der Waals surface area contributed by atoms with Crippen molar-refractivity contribution in [1.82, 2.24) is 15.2 Å². The molecule has 0 radical (unpaired) electrons. The first kappa shape index (κ1) is 23.3. The minimum Gasteiger partial charge on any atom is -0.371 e. The van der Waals surface area contributed by atoms with Gasteiger partial charge in [0.05, 0.1) is 4.90 Å². The molecule has 1 aliphatic heterocycles. The molecule has 1 aromatic heterocycles. The quantitative estimate of drug-likeness (QED) is 0.580. The summed E-state index contributed by atoms with van der Waals surface area (Å²) in [6, 6.07) is 13.8. The van der Waals surface area contributed by atoms with E-state index < -0.39 is 15.2 Å². The van der Waals surface area contributed by atoms with Crippen LogP contribution in [0.1, 0.15) is 19.8 Å². The van der Waals surface area contributed by atoms with E-state index in [0.29, 0.717) is 5.02 Å². The van der Waals surface area contributed by atoms with Crippen LogP contribution in [0.2, 0.25) is 5.02 Å². The van der Waals surface area contributed by atoms with Crippen LogP contribution in [0.25, 0.3) is 10.8 Å². The van der Waals surface area contributed by atoms with Crippen LogP contribution in [-0.2, 0) is 9.84 Å². The molecule has 3 aromatic rings. The van der Waals surface area contributed by atoms with Crippen LogP contribution in [-0.4, -0.2) is 55.9 Å². The Labute approximate surface area is 199 Å². The monoisotopic (exact) mass is 486 g/mol. The van der Waals surface area contributed by atoms with E-state index in [0.717, 1.165) is 42.4 Å². The van der Waals surface area contributed by atoms with Crippen LogP contribution < -0.4 is 10.2 Å². The number of pyridine rings is 1. The number of carbonyl (C=O) groups is 1. The van der Waals surface area contributed by atoms with E-state index in [-0.39, 0.29) is 17.0 Å². The highest BCUT2D eigenvalue weighted by molar-refractivity contribution is 7.92. The van der Waals surface area contributed by atoms with Gasteiger partial charge in [-0.3, -0.25) is 4.98 Å². The van der Waals surface area contributed by atoms with Crippen molar-refractivity contribution in [3.8, 4) is 0 Å². The number of nitrogens with zero attached hydrogens (tertiary/aromatic N) is 3. The Morgan fingerprint density at radius 2 is 1.73 bits per heavy atom. The molecule has 0 spiro atoms. The highest BCUT2D eigenvalue weighted by Gasteiger charge is 2.30. The van der Waals surface area contributed by atoms with Gasteiger partial charge < -0.3 is 15.1 Å². The van der Waals surface area contributed by atoms with Crippen LogP contribution in [0.15, 0.2) is 65.8 Å². The molecule has 0 aliphatic carbocycles. The lowest BCUT2D eigenvalue weighted by atomic mass is 10.0. The second-order valence-electron chi connectivity index (χ2n) is 8.32. The Morgan fingerprint density at radius 1 is 1.09 bits per heavy atom. The van der Waals surface area contributed by atoms with Gasteiger partial charge in [0.2, 0.25) is 0 Å². The summed E-state index contributed by atoms with van der Waals surface area (Å²) in [4.78, 5) is 21.0. The zero-order valence-electron chi connectivity index (χ0n) is 18.6. The second kappa shape index (κ2) is 9.57. The van der Waals surface area contributed by atoms with Crippen molar-refractivity contribution < 1.29 is 13.2 Å². The Morgan fingerprint density at radius 3 is 2.42 bits per heavy atom. The van der Waals surface area contributed by atoms with Gasteiger partial charge in [-0.25, -0.2) is 13.2 Å². The summed E-state index contributed by atoms with van der Waals surface area (Å²) in [6.45, 7) is 3.14. The molecule has 0 bridgehead atoms. The lowest BCUT2D eigenvalue weighted by Crippen LogP contribution is -2.51. The fraction of sp³-hybridized carbons (Fsp3) is 0.333. The standard InChI is InChI=1S/C24H27ClN4O3S/c1-17(33(31,32)23-6-4-18-15-20(25)5-3-19(18)16-23)27-24(30)28(2)21-9-13-29(14-10-21)22-7-11-26-12-8-22/h3-8,11-12,15-17,21H,9-10,13-14H2,1-2H3,(H,27,30). The number of benzene rings is 2. The summed E-state index contributed by atoms with van der Waals surface area (Å²) in [5, 5.41) is 3.83. The number of hydrogen-bond donors (Lipinski definition) is 1. The van der Waals surface area contributed by atoms with Gasteiger partial charge in [-0.05, 0) is 66.9 Å². The highest BCUT2D eigenvalue weighted by Crippen LogP contribution is 2.25. The molecule has 4 rings (SSSR count). The number of aromatic nitrogens is 1. The largest absolute Gasteiger partial charge is 0.371 e. The molecule has 1 atom stereocenters. The highest BCUT2D eigenvalue weighted by atomic mass is 35.5. The molecule has 1 saturated heterocycles. The van der Waals surface area contributed by atoms with Crippen LogP contribution >= 0.6 is 11.6 Å². The van der Waals surface area contributed by atoms with Crippen LogP contribution in [0.5, 0.6) is 0 Å². The fourth-order valence-electron chi connectivity index (χ4n) is 4.16. The molecule has 33 heavy (non-hydrogen) atoms. The molecule has 2 heterocycles. The molecular weight excluding hydrogens is 460 g/mol. The number of halogens is 1. The summed E-state index contributed by atoms with van der Waals surface area (Å²) in [5.41, 5.74) is 1.12. The molecule has 1 unspecified atom stereocenters. The van der Waals surface area contributed by atoms with Gasteiger partial charge in [0.15, 0.2) is 9.84 Å². The lowest BCUT2D eigenvalue weighted by molar-refractivity contribution is 0.179. The molecule has 2 amide bonds. The topological polar surface area (TPSA) is 82.6 Å². The van der Waals surface area contributed by atoms with Crippen LogP contribution in [0.3, 0.4) is 0 Å². The molecule has 2 aromatic carbocycles. The van der Waals surface area contributed by atoms with Crippen molar-refractivity contribution in [3.05, 3.63) is 65.9 Å². The number of nitrogens with one attached hydrogen (secondary N) is 1. The zero-order valence-corrected chi connectivity index (χ0v) is 20.2. The number of anilines is 1. The zero-order chi connectivity index (χ0) is 23.6. The minimum atomic E-state index is -3.75. The smallest absolute Gasteiger partial charge is 0.318 e. The maximum Gasteiger partial charge on any atom is 0.318 e. The molecule has 9 heteroatoms. The van der Waals surface area contributed by atoms with E-state index in [1.54, 1.807) is 60.7 Å². The predicted molar refractivity (Wildman–Crippen MR) is 131 cm³/mol. The summed E-state index contributed by atoms with van der Waals surface area (Å²) < 4.78 is 26.2. The van der Waals surface area contributed by atoms with Gasteiger partial charge in [0, 0.05) is 49.3 Å². The molecule has 0 saturated carbocycles. The molecule has 1 aliphatic rings. The Balaban J connectivity index is 1.39. The van der Waals surface area contributed by atoms with Crippen molar-refractivity contribution in [1.29, 1.82) is 0 Å². The van der Waals surface area contributed by atoms with Gasteiger partial charge in [0.1, 0.15) is 5.37 Å². The molecular formula is C24H27ClN4O3S. The SMILES string of the molecule is CC(NC(=O)N(C)C1CCN(c2ccncc2)CC1)S(=O)(=O)c1ccc2cc(Cl)ccc2c1. The normalized spacial score (nSPS) is 15.9.